The van der Waals surface area contributed by atoms with E-state index in [-0.39, 0.29) is 53.9 Å². The number of imide groups is 2. The van der Waals surface area contributed by atoms with Crippen molar-refractivity contribution in [1.29, 1.82) is 0 Å². The van der Waals surface area contributed by atoms with Crippen LogP contribution in [0.3, 0.4) is 0 Å². The van der Waals surface area contributed by atoms with Crippen molar-refractivity contribution in [2.75, 3.05) is 9.80 Å². The van der Waals surface area contributed by atoms with Crippen LogP contribution in [0.1, 0.15) is 72.0 Å². The number of carbonyl (C=O) groups excluding carboxylic acids is 4. The summed E-state index contributed by atoms with van der Waals surface area (Å²) in [4.78, 5) is 77.1. The van der Waals surface area contributed by atoms with E-state index in [9.17, 15) is 39.4 Å². The first-order valence-corrected chi connectivity index (χ1v) is 19.6. The normalized spacial score (nSPS) is 13.4. The van der Waals surface area contributed by atoms with Gasteiger partial charge in [0.2, 0.25) is 0 Å². The number of nitrogens with zero attached hydrogens (tertiary/aromatic N) is 4. The average molecular weight is 933 g/mol. The first-order valence-electron chi connectivity index (χ1n) is 18.0. The number of carbonyl (C=O) groups is 4. The Morgan fingerprint density at radius 1 is 0.533 bits per heavy atom. The van der Waals surface area contributed by atoms with Crippen molar-refractivity contribution in [2.24, 2.45) is 0 Å². The van der Waals surface area contributed by atoms with Gasteiger partial charge in [-0.1, -0.05) is 44.2 Å². The molecule has 16 heteroatoms. The van der Waals surface area contributed by atoms with E-state index >= 15 is 0 Å². The molecule has 0 aromatic heterocycles. The summed E-state index contributed by atoms with van der Waals surface area (Å²) >= 11 is 6.53. The van der Waals surface area contributed by atoms with Crippen LogP contribution in [0, 0.1) is 27.2 Å². The molecule has 298 valence electrons. The van der Waals surface area contributed by atoms with Crippen LogP contribution < -0.4 is 19.3 Å². The first-order chi connectivity index (χ1) is 28.5. The highest BCUT2D eigenvalue weighted by atomic mass is 79.9. The summed E-state index contributed by atoms with van der Waals surface area (Å²) in [6, 6.07) is 30.7. The van der Waals surface area contributed by atoms with Crippen LogP contribution in [0.15, 0.2) is 124 Å². The third kappa shape index (κ3) is 6.88. The molecule has 0 saturated heterocycles. The number of amides is 4. The summed E-state index contributed by atoms with van der Waals surface area (Å²) in [6.07, 6.45) is 0. The summed E-state index contributed by atoms with van der Waals surface area (Å²) in [5.41, 5.74) is 2.03. The number of nitro groups is 2. The quantitative estimate of drug-likeness (QED) is 0.0729. The number of anilines is 2. The number of hydrogen-bond acceptors (Lipinski definition) is 10. The summed E-state index contributed by atoms with van der Waals surface area (Å²) in [5.74, 6) is -0.933. The first kappa shape index (κ1) is 39.8. The molecule has 8 rings (SSSR count). The van der Waals surface area contributed by atoms with Crippen LogP contribution in [0.4, 0.5) is 22.7 Å². The molecule has 6 aromatic carbocycles. The maximum absolute atomic E-state index is 13.5. The molecule has 0 N–H and O–H groups in total. The monoisotopic (exact) mass is 930 g/mol. The lowest BCUT2D eigenvalue weighted by Crippen LogP contribution is -2.30. The molecule has 0 atom stereocenters. The zero-order chi connectivity index (χ0) is 42.8. The van der Waals surface area contributed by atoms with Gasteiger partial charge in [-0.2, -0.15) is 0 Å². The van der Waals surface area contributed by atoms with Crippen molar-refractivity contribution >= 4 is 78.2 Å². The molecule has 2 aliphatic rings. The van der Waals surface area contributed by atoms with Gasteiger partial charge in [0.15, 0.2) is 0 Å². The van der Waals surface area contributed by atoms with E-state index in [1.54, 1.807) is 49.4 Å². The SMILES string of the molecule is Cc1ccc(N2C(=O)c3ccc(Oc4ccc(C(C)(C)c5ccc(Oc6ccc7c(c6)C(=O)N(c6c(Br)cc([N+](=O)[O-])cc6Br)C7=O)cc5)cc4)cc3C2=O)c([N+](=O)[O-])c1. The third-order valence-electron chi connectivity index (χ3n) is 10.3. The fourth-order valence-corrected chi connectivity index (χ4v) is 8.66. The summed E-state index contributed by atoms with van der Waals surface area (Å²) in [6.45, 7) is 5.80. The van der Waals surface area contributed by atoms with Gasteiger partial charge in [0.25, 0.3) is 35.0 Å². The molecule has 14 nitrogen and oxygen atoms in total. The lowest BCUT2D eigenvalue weighted by molar-refractivity contribution is -0.385. The van der Waals surface area contributed by atoms with E-state index in [0.717, 1.165) is 20.9 Å². The van der Waals surface area contributed by atoms with Crippen molar-refractivity contribution in [3.05, 3.63) is 183 Å². The molecule has 0 spiro atoms. The minimum atomic E-state index is -0.685. The molecule has 2 heterocycles. The fourth-order valence-electron chi connectivity index (χ4n) is 7.15. The molecule has 4 amide bonds. The highest BCUT2D eigenvalue weighted by Gasteiger charge is 2.41. The number of benzene rings is 6. The molecule has 0 bridgehead atoms. The molecule has 0 fully saturated rings. The van der Waals surface area contributed by atoms with Gasteiger partial charge in [0.05, 0.1) is 37.8 Å². The maximum atomic E-state index is 13.5. The summed E-state index contributed by atoms with van der Waals surface area (Å²) in [5, 5.41) is 23.0. The van der Waals surface area contributed by atoms with Gasteiger partial charge in [-0.25, -0.2) is 9.80 Å². The number of non-ortho nitro benzene ring substituents is 1. The van der Waals surface area contributed by atoms with E-state index < -0.39 is 38.9 Å². The highest BCUT2D eigenvalue weighted by Crippen LogP contribution is 2.43. The lowest BCUT2D eigenvalue weighted by atomic mass is 9.78. The number of hydrogen-bond donors (Lipinski definition) is 0. The van der Waals surface area contributed by atoms with E-state index in [0.29, 0.717) is 28.6 Å². The summed E-state index contributed by atoms with van der Waals surface area (Å²) < 4.78 is 12.5. The zero-order valence-electron chi connectivity index (χ0n) is 31.6. The van der Waals surface area contributed by atoms with Crippen molar-refractivity contribution < 1.29 is 38.5 Å². The predicted octanol–water partition coefficient (Wildman–Crippen LogP) is 10.8. The molecule has 0 unspecified atom stereocenters. The minimum Gasteiger partial charge on any atom is -0.457 e. The fraction of sp³-hybridized carbons (Fsp3) is 0.0909. The number of ether oxygens (including phenoxy) is 2. The number of aryl methyl sites for hydroxylation is 1. The number of fused-ring (bicyclic) bond motifs is 2. The second-order valence-electron chi connectivity index (χ2n) is 14.4. The maximum Gasteiger partial charge on any atom is 0.293 e. The van der Waals surface area contributed by atoms with Crippen molar-refractivity contribution in [2.45, 2.75) is 26.2 Å². The Hall–Kier alpha value is -7.04. The van der Waals surface area contributed by atoms with E-state index in [4.69, 9.17) is 9.47 Å². The topological polar surface area (TPSA) is 179 Å². The van der Waals surface area contributed by atoms with E-state index in [2.05, 4.69) is 45.7 Å². The van der Waals surface area contributed by atoms with Crippen molar-refractivity contribution in [3.63, 3.8) is 0 Å². The number of halogens is 2. The van der Waals surface area contributed by atoms with Gasteiger partial charge in [0.1, 0.15) is 28.7 Å². The van der Waals surface area contributed by atoms with E-state index in [1.807, 2.05) is 24.3 Å². The average Bonchev–Trinajstić information content (AvgIpc) is 3.60. The Kier molecular flexibility index (Phi) is 9.92. The zero-order valence-corrected chi connectivity index (χ0v) is 34.8. The van der Waals surface area contributed by atoms with Gasteiger partial charge >= 0.3 is 0 Å². The molecule has 2 aliphatic heterocycles. The number of nitro benzene ring substituents is 2. The van der Waals surface area contributed by atoms with Crippen LogP contribution in [-0.4, -0.2) is 33.5 Å². The van der Waals surface area contributed by atoms with Crippen LogP contribution >= 0.6 is 31.9 Å². The van der Waals surface area contributed by atoms with Gasteiger partial charge in [-0.05, 0) is 122 Å². The van der Waals surface area contributed by atoms with Crippen molar-refractivity contribution in [3.8, 4) is 23.0 Å². The molecule has 60 heavy (non-hydrogen) atoms. The van der Waals surface area contributed by atoms with Gasteiger partial charge in [0, 0.05) is 32.6 Å². The number of rotatable bonds is 10. The molecule has 0 aliphatic carbocycles. The Bertz CT molecular complexity index is 2860. The molecule has 6 aromatic rings. The minimum absolute atomic E-state index is 0.0745. The Balaban J connectivity index is 0.943. The Morgan fingerprint density at radius 2 is 0.967 bits per heavy atom. The van der Waals surface area contributed by atoms with Gasteiger partial charge in [-0.15, -0.1) is 0 Å². The van der Waals surface area contributed by atoms with Crippen molar-refractivity contribution in [1.82, 2.24) is 0 Å². The molecule has 0 radical (unpaired) electrons. The second-order valence-corrected chi connectivity index (χ2v) is 16.2. The highest BCUT2D eigenvalue weighted by molar-refractivity contribution is 9.11. The van der Waals surface area contributed by atoms with Gasteiger partial charge < -0.3 is 9.47 Å². The largest absolute Gasteiger partial charge is 0.457 e. The lowest BCUT2D eigenvalue weighted by Gasteiger charge is -2.26. The van der Waals surface area contributed by atoms with Crippen LogP contribution in [-0.2, 0) is 5.41 Å². The summed E-state index contributed by atoms with van der Waals surface area (Å²) in [7, 11) is 0. The molecular weight excluding hydrogens is 904 g/mol. The van der Waals surface area contributed by atoms with Crippen LogP contribution in [0.5, 0.6) is 23.0 Å². The smallest absolute Gasteiger partial charge is 0.293 e. The van der Waals surface area contributed by atoms with E-state index in [1.165, 1.54) is 48.5 Å². The Labute approximate surface area is 357 Å². The van der Waals surface area contributed by atoms with Gasteiger partial charge in [-0.3, -0.25) is 39.4 Å². The van der Waals surface area contributed by atoms with Crippen LogP contribution in [0.25, 0.3) is 0 Å². The third-order valence-corrected chi connectivity index (χ3v) is 11.6. The molecular formula is C44H28Br2N4O10. The predicted molar refractivity (Wildman–Crippen MR) is 227 cm³/mol. The standard InChI is InChI=1S/C44H28Br2N4O10/c1-23-4-17-37(38(18-23)50(57)58)47-40(51)31-15-13-29(21-33(31)42(47)53)59-27-9-5-24(6-10-27)44(2,3)25-7-11-28(12-8-25)60-30-14-16-32-34(22-30)43(54)48(41(32)52)39-35(45)19-26(49(55)56)20-36(39)46/h4-22H,1-3H3. The second kappa shape index (κ2) is 15.0. The Morgan fingerprint density at radius 3 is 1.43 bits per heavy atom. The molecule has 0 saturated carbocycles. The van der Waals surface area contributed by atoms with Crippen LogP contribution in [0.2, 0.25) is 0 Å².